The van der Waals surface area contributed by atoms with Crippen LogP contribution in [0.2, 0.25) is 0 Å². The Bertz CT molecular complexity index is 408. The van der Waals surface area contributed by atoms with Gasteiger partial charge in [0, 0.05) is 13.5 Å². The summed E-state index contributed by atoms with van der Waals surface area (Å²) in [6.45, 7) is 1.91. The third-order valence-electron chi connectivity index (χ3n) is 2.21. The van der Waals surface area contributed by atoms with Crippen LogP contribution in [0.4, 0.5) is 0 Å². The molecule has 0 radical (unpaired) electrons. The van der Waals surface area contributed by atoms with Gasteiger partial charge in [0.05, 0.1) is 0 Å². The highest BCUT2D eigenvalue weighted by molar-refractivity contribution is 8.03. The number of aryl methyl sites for hydroxylation is 1. The summed E-state index contributed by atoms with van der Waals surface area (Å²) in [5.74, 6) is 1.10. The maximum Gasteiger partial charge on any atom is 0.195 e. The molecule has 5 heteroatoms. The lowest BCUT2D eigenvalue weighted by molar-refractivity contribution is -0.114. The Morgan fingerprint density at radius 3 is 2.71 bits per heavy atom. The van der Waals surface area contributed by atoms with Gasteiger partial charge in [-0.3, -0.25) is 4.79 Å². The van der Waals surface area contributed by atoms with Crippen molar-refractivity contribution < 1.29 is 4.79 Å². The van der Waals surface area contributed by atoms with Crippen molar-refractivity contribution in [2.75, 3.05) is 0 Å². The number of carbonyl (C=O) groups excluding carboxylic acids is 1. The van der Waals surface area contributed by atoms with Gasteiger partial charge in [-0.05, 0) is 24.3 Å². The Labute approximate surface area is 86.4 Å². The normalized spacial score (nSPS) is 16.1. The first-order valence-electron chi connectivity index (χ1n) is 4.44. The summed E-state index contributed by atoms with van der Waals surface area (Å²) in [5.41, 5.74) is 0. The average molecular weight is 209 g/mol. The molecule has 74 valence electrons. The molecule has 0 atom stereocenters. The van der Waals surface area contributed by atoms with Crippen LogP contribution in [0.3, 0.4) is 0 Å². The molecule has 0 amide bonds. The number of allylic oxidation sites excluding steroid dienone is 2. The van der Waals surface area contributed by atoms with E-state index in [9.17, 15) is 4.79 Å². The van der Waals surface area contributed by atoms with Crippen LogP contribution >= 0.6 is 11.8 Å². The van der Waals surface area contributed by atoms with Crippen LogP contribution in [-0.2, 0) is 11.8 Å². The number of ketones is 1. The van der Waals surface area contributed by atoms with Crippen LogP contribution in [0, 0.1) is 6.92 Å². The van der Waals surface area contributed by atoms with Crippen molar-refractivity contribution >= 4 is 17.5 Å². The molecule has 0 saturated heterocycles. The fourth-order valence-electron chi connectivity index (χ4n) is 1.24. The summed E-state index contributed by atoms with van der Waals surface area (Å²) in [7, 11) is 1.93. The monoisotopic (exact) mass is 209 g/mol. The van der Waals surface area contributed by atoms with Gasteiger partial charge in [0.1, 0.15) is 5.82 Å². The van der Waals surface area contributed by atoms with Crippen molar-refractivity contribution in [3.8, 4) is 0 Å². The van der Waals surface area contributed by atoms with E-state index in [0.717, 1.165) is 22.3 Å². The molecule has 0 aliphatic heterocycles. The second kappa shape index (κ2) is 3.57. The van der Waals surface area contributed by atoms with Gasteiger partial charge in [-0.15, -0.1) is 10.2 Å². The molecule has 1 aliphatic carbocycles. The fraction of sp³-hybridized carbons (Fsp3) is 0.444. The van der Waals surface area contributed by atoms with Gasteiger partial charge in [-0.25, -0.2) is 0 Å². The van der Waals surface area contributed by atoms with Gasteiger partial charge in [-0.2, -0.15) is 0 Å². The molecule has 1 aromatic heterocycles. The second-order valence-electron chi connectivity index (χ2n) is 3.27. The van der Waals surface area contributed by atoms with Crippen LogP contribution in [0.5, 0.6) is 0 Å². The van der Waals surface area contributed by atoms with Gasteiger partial charge in [0.2, 0.25) is 0 Å². The first kappa shape index (κ1) is 9.45. The zero-order valence-electron chi connectivity index (χ0n) is 8.15. The molecule has 0 N–H and O–H groups in total. The number of rotatable bonds is 2. The van der Waals surface area contributed by atoms with Crippen LogP contribution in [0.25, 0.3) is 0 Å². The molecule has 0 fully saturated rings. The molecule has 1 aliphatic rings. The summed E-state index contributed by atoms with van der Waals surface area (Å²) in [6.07, 6.45) is 3.18. The molecule has 0 saturated carbocycles. The summed E-state index contributed by atoms with van der Waals surface area (Å²) in [5, 5.41) is 8.84. The highest BCUT2D eigenvalue weighted by atomic mass is 32.2. The number of hydrogen-bond acceptors (Lipinski definition) is 4. The standard InChI is InChI=1S/C9H11N3OS/c1-6-10-11-9(12(6)2)14-8-4-3-7(13)5-8/h5H,3-4H2,1-2H3. The van der Waals surface area contributed by atoms with Crippen LogP contribution < -0.4 is 0 Å². The zero-order valence-corrected chi connectivity index (χ0v) is 8.97. The van der Waals surface area contributed by atoms with Gasteiger partial charge in [0.25, 0.3) is 0 Å². The molecule has 0 bridgehead atoms. The van der Waals surface area contributed by atoms with E-state index >= 15 is 0 Å². The number of nitrogens with zero attached hydrogens (tertiary/aromatic N) is 3. The first-order valence-corrected chi connectivity index (χ1v) is 5.25. The average Bonchev–Trinajstić information content (AvgIpc) is 2.67. The summed E-state index contributed by atoms with van der Waals surface area (Å²) in [6, 6.07) is 0. The van der Waals surface area contributed by atoms with Crippen molar-refractivity contribution in [2.24, 2.45) is 7.05 Å². The molecule has 1 heterocycles. The molecule has 2 rings (SSSR count). The highest BCUT2D eigenvalue weighted by Gasteiger charge is 2.15. The first-order chi connectivity index (χ1) is 6.66. The largest absolute Gasteiger partial charge is 0.309 e. The molecular formula is C9H11N3OS. The summed E-state index contributed by atoms with van der Waals surface area (Å²) in [4.78, 5) is 12.1. The van der Waals surface area contributed by atoms with E-state index in [1.54, 1.807) is 6.08 Å². The summed E-state index contributed by atoms with van der Waals surface area (Å²) < 4.78 is 1.92. The molecule has 0 unspecified atom stereocenters. The minimum atomic E-state index is 0.214. The summed E-state index contributed by atoms with van der Waals surface area (Å²) >= 11 is 1.53. The number of hydrogen-bond donors (Lipinski definition) is 0. The lowest BCUT2D eigenvalue weighted by atomic mass is 10.3. The van der Waals surface area contributed by atoms with Crippen LogP contribution in [-0.4, -0.2) is 20.5 Å². The maximum absolute atomic E-state index is 11.0. The number of thioether (sulfide) groups is 1. The quantitative estimate of drug-likeness (QED) is 0.740. The van der Waals surface area contributed by atoms with E-state index in [0.29, 0.717) is 6.42 Å². The predicted molar refractivity (Wildman–Crippen MR) is 53.9 cm³/mol. The van der Waals surface area contributed by atoms with Crippen LogP contribution in [0.15, 0.2) is 16.1 Å². The SMILES string of the molecule is Cc1nnc(SC2=CC(=O)CC2)n1C. The Morgan fingerprint density at radius 2 is 2.21 bits per heavy atom. The molecule has 4 nitrogen and oxygen atoms in total. The topological polar surface area (TPSA) is 47.8 Å². The molecule has 14 heavy (non-hydrogen) atoms. The van der Waals surface area contributed by atoms with E-state index < -0.39 is 0 Å². The number of aromatic nitrogens is 3. The second-order valence-corrected chi connectivity index (χ2v) is 4.36. The Balaban J connectivity index is 2.15. The van der Waals surface area contributed by atoms with Crippen molar-refractivity contribution in [3.63, 3.8) is 0 Å². The van der Waals surface area contributed by atoms with Crippen LogP contribution in [0.1, 0.15) is 18.7 Å². The van der Waals surface area contributed by atoms with Crippen molar-refractivity contribution in [1.29, 1.82) is 0 Å². The Hall–Kier alpha value is -1.10. The predicted octanol–water partition coefficient (Wildman–Crippen LogP) is 1.46. The third-order valence-corrected chi connectivity index (χ3v) is 3.34. The molecule has 1 aromatic rings. The fourth-order valence-corrected chi connectivity index (χ4v) is 2.22. The van der Waals surface area contributed by atoms with Gasteiger partial charge >= 0.3 is 0 Å². The van der Waals surface area contributed by atoms with Gasteiger partial charge in [-0.1, -0.05) is 11.8 Å². The van der Waals surface area contributed by atoms with Gasteiger partial charge in [0.15, 0.2) is 10.9 Å². The van der Waals surface area contributed by atoms with Crippen molar-refractivity contribution in [2.45, 2.75) is 24.9 Å². The molecular weight excluding hydrogens is 198 g/mol. The maximum atomic E-state index is 11.0. The van der Waals surface area contributed by atoms with E-state index in [1.165, 1.54) is 11.8 Å². The van der Waals surface area contributed by atoms with Crippen molar-refractivity contribution in [1.82, 2.24) is 14.8 Å². The minimum Gasteiger partial charge on any atom is -0.309 e. The van der Waals surface area contributed by atoms with Crippen molar-refractivity contribution in [3.05, 3.63) is 16.8 Å². The number of carbonyl (C=O) groups is 1. The molecule has 0 aromatic carbocycles. The zero-order chi connectivity index (χ0) is 10.1. The highest BCUT2D eigenvalue weighted by Crippen LogP contribution is 2.31. The van der Waals surface area contributed by atoms with Gasteiger partial charge < -0.3 is 4.57 Å². The smallest absolute Gasteiger partial charge is 0.195 e. The van der Waals surface area contributed by atoms with E-state index in [4.69, 9.17) is 0 Å². The Kier molecular flexibility index (Phi) is 2.41. The van der Waals surface area contributed by atoms with E-state index in [2.05, 4.69) is 10.2 Å². The lowest BCUT2D eigenvalue weighted by Gasteiger charge is -2.00. The lowest BCUT2D eigenvalue weighted by Crippen LogP contribution is -1.93. The molecule has 0 spiro atoms. The Morgan fingerprint density at radius 1 is 1.43 bits per heavy atom. The minimum absolute atomic E-state index is 0.214. The van der Waals surface area contributed by atoms with E-state index in [-0.39, 0.29) is 5.78 Å². The third kappa shape index (κ3) is 1.72. The van der Waals surface area contributed by atoms with E-state index in [1.807, 2.05) is 18.5 Å².